The van der Waals surface area contributed by atoms with Crippen LogP contribution >= 0.6 is 35.0 Å². The van der Waals surface area contributed by atoms with Crippen molar-refractivity contribution in [2.75, 3.05) is 13.3 Å². The van der Waals surface area contributed by atoms with Crippen LogP contribution in [0.25, 0.3) is 0 Å². The van der Waals surface area contributed by atoms with Gasteiger partial charge >= 0.3 is 90.4 Å². The molecule has 0 spiro atoms. The molecule has 0 amide bonds. The van der Waals surface area contributed by atoms with Gasteiger partial charge in [-0.25, -0.2) is 0 Å². The summed E-state index contributed by atoms with van der Waals surface area (Å²) in [6, 6.07) is 10.5. The monoisotopic (exact) mass is 310 g/mol. The van der Waals surface area contributed by atoms with Crippen molar-refractivity contribution < 1.29 is 0 Å². The zero-order valence-corrected chi connectivity index (χ0v) is 11.4. The molecule has 1 rings (SSSR count). The Labute approximate surface area is 90.2 Å². The van der Waals surface area contributed by atoms with E-state index in [0.29, 0.717) is 0 Å². The third-order valence-corrected chi connectivity index (χ3v) is 4.20. The molecular weight excluding hydrogens is 299 g/mol. The minimum atomic E-state index is -1.73. The summed E-state index contributed by atoms with van der Waals surface area (Å²) >= 11 is 7.53. The normalized spacial score (nSPS) is 15.2. The Bertz CT molecular complexity index is 252. The summed E-state index contributed by atoms with van der Waals surface area (Å²) in [4.78, 5) is 0. The van der Waals surface area contributed by atoms with Crippen LogP contribution in [0.4, 0.5) is 0 Å². The van der Waals surface area contributed by atoms with Crippen molar-refractivity contribution in [3.8, 4) is 0 Å². The number of hydrogen-bond acceptors (Lipinski definition) is 0. The van der Waals surface area contributed by atoms with Crippen LogP contribution in [0.5, 0.6) is 0 Å². The first-order valence-corrected chi connectivity index (χ1v) is 11.2. The molecule has 0 radical (unpaired) electrons. The summed E-state index contributed by atoms with van der Waals surface area (Å²) in [7, 11) is 0. The quantitative estimate of drug-likeness (QED) is 0.699. The van der Waals surface area contributed by atoms with E-state index in [9.17, 15) is 0 Å². The number of halogens is 2. The standard InChI is InChI=1S/C9H13Br2P/c1-12(2,10,11)8-9-6-4-3-5-7-9/h3-7H,8H2,1-2H3. The summed E-state index contributed by atoms with van der Waals surface area (Å²) in [5, 5.41) is 0. The van der Waals surface area contributed by atoms with E-state index in [1.165, 1.54) is 5.56 Å². The van der Waals surface area contributed by atoms with Crippen LogP contribution in [0.2, 0.25) is 0 Å². The average molecular weight is 312 g/mol. The molecule has 0 aliphatic carbocycles. The SMILES string of the molecule is CP(C)(Br)(Br)Cc1ccccc1. The first kappa shape index (κ1) is 10.7. The first-order valence-electron chi connectivity index (χ1n) is 3.81. The maximum absolute atomic E-state index is 3.77. The summed E-state index contributed by atoms with van der Waals surface area (Å²) in [5.74, 6) is 0. The van der Waals surface area contributed by atoms with Gasteiger partial charge in [-0.3, -0.25) is 0 Å². The van der Waals surface area contributed by atoms with Gasteiger partial charge in [-0.05, 0) is 0 Å². The van der Waals surface area contributed by atoms with Crippen molar-refractivity contribution in [2.45, 2.75) is 6.16 Å². The second-order valence-corrected chi connectivity index (χ2v) is 24.6. The van der Waals surface area contributed by atoms with Crippen molar-refractivity contribution >= 4 is 35.0 Å². The molecular formula is C9H13Br2P. The molecule has 1 aromatic rings. The minimum absolute atomic E-state index is 1.09. The molecule has 0 atom stereocenters. The van der Waals surface area contributed by atoms with Crippen molar-refractivity contribution in [1.82, 2.24) is 0 Å². The van der Waals surface area contributed by atoms with E-state index in [4.69, 9.17) is 0 Å². The van der Waals surface area contributed by atoms with Gasteiger partial charge in [0, 0.05) is 0 Å². The maximum atomic E-state index is 3.77. The Balaban J connectivity index is 2.79. The van der Waals surface area contributed by atoms with Crippen molar-refractivity contribution in [2.24, 2.45) is 0 Å². The van der Waals surface area contributed by atoms with Crippen LogP contribution in [-0.2, 0) is 6.16 Å². The molecule has 0 saturated carbocycles. The predicted molar refractivity (Wildman–Crippen MR) is 66.8 cm³/mol. The van der Waals surface area contributed by atoms with Gasteiger partial charge in [0.15, 0.2) is 0 Å². The van der Waals surface area contributed by atoms with E-state index < -0.39 is 4.01 Å². The van der Waals surface area contributed by atoms with Gasteiger partial charge in [-0.1, -0.05) is 0 Å². The van der Waals surface area contributed by atoms with Gasteiger partial charge in [-0.2, -0.15) is 0 Å². The molecule has 0 aliphatic rings. The molecule has 3 heteroatoms. The average Bonchev–Trinajstić information content (AvgIpc) is 1.83. The second-order valence-electron chi connectivity index (χ2n) is 3.70. The number of hydrogen-bond donors (Lipinski definition) is 0. The van der Waals surface area contributed by atoms with Crippen molar-refractivity contribution in [3.05, 3.63) is 35.9 Å². The van der Waals surface area contributed by atoms with Crippen LogP contribution in [0.1, 0.15) is 5.56 Å². The Morgan fingerprint density at radius 1 is 1.08 bits per heavy atom. The molecule has 0 N–H and O–H groups in total. The van der Waals surface area contributed by atoms with E-state index >= 15 is 0 Å². The second kappa shape index (κ2) is 3.40. The number of benzene rings is 1. The summed E-state index contributed by atoms with van der Waals surface area (Å²) in [5.41, 5.74) is 1.38. The van der Waals surface area contributed by atoms with Gasteiger partial charge in [-0.15, -0.1) is 0 Å². The Kier molecular flexibility index (Phi) is 3.03. The fourth-order valence-corrected chi connectivity index (χ4v) is 4.04. The molecule has 1 aromatic carbocycles. The fraction of sp³-hybridized carbons (Fsp3) is 0.333. The van der Waals surface area contributed by atoms with Gasteiger partial charge < -0.3 is 0 Å². The predicted octanol–water partition coefficient (Wildman–Crippen LogP) is 4.62. The third-order valence-electron chi connectivity index (χ3n) is 1.46. The summed E-state index contributed by atoms with van der Waals surface area (Å²) in [6.45, 7) is 4.50. The van der Waals surface area contributed by atoms with Crippen LogP contribution in [0.15, 0.2) is 30.3 Å². The van der Waals surface area contributed by atoms with E-state index in [1.54, 1.807) is 0 Å². The topological polar surface area (TPSA) is 0 Å². The molecule has 0 aromatic heterocycles. The molecule has 0 bridgehead atoms. The molecule has 0 unspecified atom stereocenters. The first-order chi connectivity index (χ1) is 5.33. The van der Waals surface area contributed by atoms with Gasteiger partial charge in [0.25, 0.3) is 0 Å². The molecule has 68 valence electrons. The van der Waals surface area contributed by atoms with Crippen LogP contribution in [0, 0.1) is 0 Å². The van der Waals surface area contributed by atoms with E-state index in [2.05, 4.69) is 68.6 Å². The van der Waals surface area contributed by atoms with Gasteiger partial charge in [0.2, 0.25) is 0 Å². The summed E-state index contributed by atoms with van der Waals surface area (Å²) in [6.07, 6.45) is 1.09. The molecule has 0 aliphatic heterocycles. The van der Waals surface area contributed by atoms with Crippen LogP contribution in [-0.4, -0.2) is 13.3 Å². The van der Waals surface area contributed by atoms with Gasteiger partial charge in [0.05, 0.1) is 0 Å². The van der Waals surface area contributed by atoms with E-state index in [0.717, 1.165) is 6.16 Å². The third kappa shape index (κ3) is 4.59. The molecule has 0 saturated heterocycles. The Morgan fingerprint density at radius 3 is 2.00 bits per heavy atom. The zero-order chi connectivity index (χ0) is 9.27. The van der Waals surface area contributed by atoms with Crippen LogP contribution in [0.3, 0.4) is 0 Å². The van der Waals surface area contributed by atoms with Crippen molar-refractivity contribution in [3.63, 3.8) is 0 Å². The number of rotatable bonds is 2. The molecule has 0 heterocycles. The van der Waals surface area contributed by atoms with Crippen molar-refractivity contribution in [1.29, 1.82) is 0 Å². The Morgan fingerprint density at radius 2 is 1.58 bits per heavy atom. The Hall–Kier alpha value is 0.610. The molecule has 0 fully saturated rings. The zero-order valence-electron chi connectivity index (χ0n) is 7.30. The summed E-state index contributed by atoms with van der Waals surface area (Å²) < 4.78 is -1.73. The van der Waals surface area contributed by atoms with Crippen LogP contribution < -0.4 is 0 Å². The molecule has 12 heavy (non-hydrogen) atoms. The molecule has 0 nitrogen and oxygen atoms in total. The van der Waals surface area contributed by atoms with E-state index in [1.807, 2.05) is 6.07 Å². The van der Waals surface area contributed by atoms with E-state index in [-0.39, 0.29) is 0 Å². The van der Waals surface area contributed by atoms with Gasteiger partial charge in [0.1, 0.15) is 0 Å². The fourth-order valence-electron chi connectivity index (χ4n) is 1.09.